The van der Waals surface area contributed by atoms with Crippen LogP contribution in [-0.2, 0) is 0 Å². The van der Waals surface area contributed by atoms with Gasteiger partial charge in [-0.25, -0.2) is 0 Å². The zero-order valence-electron chi connectivity index (χ0n) is 11.4. The molecule has 0 atom stereocenters. The second kappa shape index (κ2) is 10.7. The average molecular weight is 261 g/mol. The highest BCUT2D eigenvalue weighted by molar-refractivity contribution is 7.99. The van der Waals surface area contributed by atoms with Gasteiger partial charge < -0.3 is 15.8 Å². The molecule has 0 aromatic rings. The second-order valence-electron chi connectivity index (χ2n) is 4.59. The Balaban J connectivity index is 3.87. The summed E-state index contributed by atoms with van der Waals surface area (Å²) in [6.07, 6.45) is 1.85. The third kappa shape index (κ3) is 10.5. The van der Waals surface area contributed by atoms with Crippen molar-refractivity contribution in [2.75, 3.05) is 31.1 Å². The molecule has 102 valence electrons. The molecule has 0 spiro atoms. The molecule has 0 heterocycles. The van der Waals surface area contributed by atoms with E-state index in [1.54, 1.807) is 0 Å². The molecule has 0 aromatic carbocycles. The first-order valence-corrected chi connectivity index (χ1v) is 7.52. The SMILES string of the molecule is CCSCCCN(CCC(N)=NO)CC(C)C. The van der Waals surface area contributed by atoms with Gasteiger partial charge in [-0.05, 0) is 30.4 Å². The van der Waals surface area contributed by atoms with Crippen molar-refractivity contribution >= 4 is 17.6 Å². The summed E-state index contributed by atoms with van der Waals surface area (Å²) in [5, 5.41) is 11.5. The van der Waals surface area contributed by atoms with Crippen molar-refractivity contribution in [2.24, 2.45) is 16.8 Å². The summed E-state index contributed by atoms with van der Waals surface area (Å²) >= 11 is 1.98. The molecule has 0 saturated carbocycles. The highest BCUT2D eigenvalue weighted by Gasteiger charge is 2.08. The Labute approximate surface area is 110 Å². The molecule has 17 heavy (non-hydrogen) atoms. The number of oxime groups is 1. The molecule has 0 fully saturated rings. The second-order valence-corrected chi connectivity index (χ2v) is 5.98. The quantitative estimate of drug-likeness (QED) is 0.208. The Hall–Kier alpha value is -0.420. The summed E-state index contributed by atoms with van der Waals surface area (Å²) < 4.78 is 0. The fraction of sp³-hybridized carbons (Fsp3) is 0.917. The van der Waals surface area contributed by atoms with Crippen LogP contribution in [0.3, 0.4) is 0 Å². The molecule has 3 N–H and O–H groups in total. The topological polar surface area (TPSA) is 61.8 Å². The third-order valence-electron chi connectivity index (χ3n) is 2.40. The number of rotatable bonds is 10. The van der Waals surface area contributed by atoms with E-state index >= 15 is 0 Å². The molecule has 0 rings (SSSR count). The van der Waals surface area contributed by atoms with Crippen LogP contribution >= 0.6 is 11.8 Å². The molecule has 0 amide bonds. The Morgan fingerprint density at radius 1 is 1.41 bits per heavy atom. The van der Waals surface area contributed by atoms with Crippen molar-refractivity contribution in [3.05, 3.63) is 0 Å². The zero-order chi connectivity index (χ0) is 13.1. The van der Waals surface area contributed by atoms with Gasteiger partial charge in [-0.1, -0.05) is 25.9 Å². The van der Waals surface area contributed by atoms with E-state index in [1.165, 1.54) is 17.9 Å². The summed E-state index contributed by atoms with van der Waals surface area (Å²) in [4.78, 5) is 2.40. The van der Waals surface area contributed by atoms with Crippen LogP contribution < -0.4 is 5.73 Å². The van der Waals surface area contributed by atoms with Gasteiger partial charge in [-0.3, -0.25) is 0 Å². The maximum Gasteiger partial charge on any atom is 0.140 e. The Morgan fingerprint density at radius 2 is 2.12 bits per heavy atom. The van der Waals surface area contributed by atoms with Gasteiger partial charge in [0.05, 0.1) is 0 Å². The first-order valence-electron chi connectivity index (χ1n) is 6.36. The minimum Gasteiger partial charge on any atom is -0.409 e. The van der Waals surface area contributed by atoms with Crippen molar-refractivity contribution < 1.29 is 5.21 Å². The molecular formula is C12H27N3OS. The molecule has 0 aliphatic carbocycles. The molecule has 0 unspecified atom stereocenters. The number of hydrogen-bond donors (Lipinski definition) is 2. The predicted octanol–water partition coefficient (Wildman–Crippen LogP) is 2.22. The molecule has 4 nitrogen and oxygen atoms in total. The number of thioether (sulfide) groups is 1. The summed E-state index contributed by atoms with van der Waals surface area (Å²) in [6, 6.07) is 0. The van der Waals surface area contributed by atoms with E-state index in [4.69, 9.17) is 10.9 Å². The lowest BCUT2D eigenvalue weighted by Crippen LogP contribution is -2.32. The van der Waals surface area contributed by atoms with Crippen LogP contribution in [0, 0.1) is 5.92 Å². The molecule has 0 aromatic heterocycles. The van der Waals surface area contributed by atoms with E-state index in [0.29, 0.717) is 18.2 Å². The maximum atomic E-state index is 8.52. The third-order valence-corrected chi connectivity index (χ3v) is 3.39. The van der Waals surface area contributed by atoms with Crippen LogP contribution in [0.15, 0.2) is 5.16 Å². The Kier molecular flexibility index (Phi) is 10.5. The van der Waals surface area contributed by atoms with E-state index in [1.807, 2.05) is 11.8 Å². The molecule has 0 saturated heterocycles. The predicted molar refractivity (Wildman–Crippen MR) is 76.9 cm³/mol. The minimum atomic E-state index is 0.321. The Bertz CT molecular complexity index is 210. The molecule has 5 heteroatoms. The smallest absolute Gasteiger partial charge is 0.140 e. The largest absolute Gasteiger partial charge is 0.409 e. The van der Waals surface area contributed by atoms with Crippen LogP contribution in [0.4, 0.5) is 0 Å². The first kappa shape index (κ1) is 16.6. The summed E-state index contributed by atoms with van der Waals surface area (Å²) in [5.41, 5.74) is 5.50. The van der Waals surface area contributed by atoms with E-state index in [9.17, 15) is 0 Å². The Morgan fingerprint density at radius 3 is 2.65 bits per heavy atom. The highest BCUT2D eigenvalue weighted by atomic mass is 32.2. The van der Waals surface area contributed by atoms with Crippen molar-refractivity contribution in [3.63, 3.8) is 0 Å². The monoisotopic (exact) mass is 261 g/mol. The summed E-state index contributed by atoms with van der Waals surface area (Å²) in [6.45, 7) is 9.69. The van der Waals surface area contributed by atoms with E-state index in [0.717, 1.165) is 19.6 Å². The zero-order valence-corrected chi connectivity index (χ0v) is 12.2. The van der Waals surface area contributed by atoms with Gasteiger partial charge in [0.15, 0.2) is 0 Å². The number of hydrogen-bond acceptors (Lipinski definition) is 4. The minimum absolute atomic E-state index is 0.321. The van der Waals surface area contributed by atoms with Gasteiger partial charge in [0.1, 0.15) is 5.84 Å². The van der Waals surface area contributed by atoms with Gasteiger partial charge in [0.25, 0.3) is 0 Å². The van der Waals surface area contributed by atoms with Crippen LogP contribution in [0.25, 0.3) is 0 Å². The van der Waals surface area contributed by atoms with E-state index < -0.39 is 0 Å². The summed E-state index contributed by atoms with van der Waals surface area (Å²) in [7, 11) is 0. The molecule has 0 aliphatic rings. The highest BCUT2D eigenvalue weighted by Crippen LogP contribution is 2.05. The van der Waals surface area contributed by atoms with Crippen molar-refractivity contribution in [3.8, 4) is 0 Å². The van der Waals surface area contributed by atoms with Gasteiger partial charge in [0, 0.05) is 19.5 Å². The molecule has 0 radical (unpaired) electrons. The number of nitrogens with zero attached hydrogens (tertiary/aromatic N) is 2. The molecule has 0 bridgehead atoms. The van der Waals surface area contributed by atoms with Crippen LogP contribution in [-0.4, -0.2) is 47.1 Å². The van der Waals surface area contributed by atoms with Crippen LogP contribution in [0.1, 0.15) is 33.6 Å². The maximum absolute atomic E-state index is 8.52. The van der Waals surface area contributed by atoms with Crippen LogP contribution in [0.5, 0.6) is 0 Å². The molecular weight excluding hydrogens is 234 g/mol. The van der Waals surface area contributed by atoms with Gasteiger partial charge in [-0.15, -0.1) is 0 Å². The van der Waals surface area contributed by atoms with Crippen molar-refractivity contribution in [1.82, 2.24) is 4.90 Å². The number of nitrogens with two attached hydrogens (primary N) is 1. The first-order chi connectivity index (χ1) is 8.10. The lowest BCUT2D eigenvalue weighted by Gasteiger charge is -2.23. The fourth-order valence-corrected chi connectivity index (χ4v) is 2.29. The van der Waals surface area contributed by atoms with Gasteiger partial charge in [-0.2, -0.15) is 11.8 Å². The lowest BCUT2D eigenvalue weighted by molar-refractivity contribution is 0.250. The fourth-order valence-electron chi connectivity index (χ4n) is 1.67. The van der Waals surface area contributed by atoms with Crippen LogP contribution in [0.2, 0.25) is 0 Å². The summed E-state index contributed by atoms with van der Waals surface area (Å²) in [5.74, 6) is 3.38. The van der Waals surface area contributed by atoms with Crippen molar-refractivity contribution in [1.29, 1.82) is 0 Å². The van der Waals surface area contributed by atoms with E-state index in [2.05, 4.69) is 30.8 Å². The van der Waals surface area contributed by atoms with Gasteiger partial charge in [0.2, 0.25) is 0 Å². The van der Waals surface area contributed by atoms with Gasteiger partial charge >= 0.3 is 0 Å². The lowest BCUT2D eigenvalue weighted by atomic mass is 10.2. The normalized spacial score (nSPS) is 12.6. The standard InChI is InChI=1S/C12H27N3OS/c1-4-17-9-5-7-15(10-11(2)3)8-6-12(13)14-16/h11,16H,4-10H2,1-3H3,(H2,13,14). The number of amidine groups is 1. The average Bonchev–Trinajstić information content (AvgIpc) is 2.30. The van der Waals surface area contributed by atoms with Crippen molar-refractivity contribution in [2.45, 2.75) is 33.6 Å². The molecule has 0 aliphatic heterocycles. The van der Waals surface area contributed by atoms with E-state index in [-0.39, 0.29) is 0 Å².